The van der Waals surface area contributed by atoms with Crippen molar-refractivity contribution in [2.24, 2.45) is 0 Å². The first-order chi connectivity index (χ1) is 23.6. The number of hydrogen-bond donors (Lipinski definition) is 0. The molecule has 0 bridgehead atoms. The van der Waals surface area contributed by atoms with Crippen molar-refractivity contribution >= 4 is 111 Å². The normalized spacial score (nSPS) is 12.1. The summed E-state index contributed by atoms with van der Waals surface area (Å²) in [6.45, 7) is 12.5. The second kappa shape index (κ2) is 11.7. The first-order valence-corrected chi connectivity index (χ1v) is 21.1. The fourth-order valence-electron chi connectivity index (χ4n) is 6.57. The predicted molar refractivity (Wildman–Crippen MR) is 215 cm³/mol. The minimum Gasteiger partial charge on any atom is -0.203 e. The maximum absolute atomic E-state index is 16.3. The lowest BCUT2D eigenvalue weighted by Gasteiger charge is -2.09. The van der Waals surface area contributed by atoms with E-state index in [9.17, 15) is 0 Å². The van der Waals surface area contributed by atoms with Gasteiger partial charge in [0, 0.05) is 80.1 Å². The lowest BCUT2D eigenvalue weighted by atomic mass is 9.99. The summed E-state index contributed by atoms with van der Waals surface area (Å²) in [5.74, 6) is -1.74. The molecule has 0 spiro atoms. The van der Waals surface area contributed by atoms with Crippen LogP contribution in [0.3, 0.4) is 0 Å². The molecular formula is C38H26F2N2S7. The third kappa shape index (κ3) is 4.96. The highest BCUT2D eigenvalue weighted by molar-refractivity contribution is 7.28. The Hall–Kier alpha value is -3.16. The molecule has 0 atom stereocenters. The first-order valence-electron chi connectivity index (χ1n) is 15.5. The van der Waals surface area contributed by atoms with Crippen LogP contribution in [0.5, 0.6) is 0 Å². The maximum atomic E-state index is 16.3. The van der Waals surface area contributed by atoms with E-state index in [-0.39, 0.29) is 11.1 Å². The van der Waals surface area contributed by atoms with Crippen molar-refractivity contribution in [3.8, 4) is 51.5 Å². The van der Waals surface area contributed by atoms with Gasteiger partial charge in [-0.1, -0.05) is 0 Å². The van der Waals surface area contributed by atoms with Gasteiger partial charge in [0.25, 0.3) is 0 Å². The Labute approximate surface area is 309 Å². The van der Waals surface area contributed by atoms with E-state index in [1.165, 1.54) is 78.4 Å². The molecule has 0 saturated heterocycles. The average molecular weight is 773 g/mol. The molecule has 0 unspecified atom stereocenters. The van der Waals surface area contributed by atoms with E-state index >= 15 is 8.78 Å². The summed E-state index contributed by atoms with van der Waals surface area (Å²) in [6.07, 6.45) is 0. The van der Waals surface area contributed by atoms with Gasteiger partial charge in [0.05, 0.1) is 22.9 Å². The van der Waals surface area contributed by atoms with Crippen molar-refractivity contribution < 1.29 is 8.78 Å². The number of benzene rings is 2. The van der Waals surface area contributed by atoms with Crippen LogP contribution in [0.25, 0.3) is 82.7 Å². The third-order valence-corrected chi connectivity index (χ3v) is 16.3. The zero-order chi connectivity index (χ0) is 33.9. The minimum atomic E-state index is -0.871. The van der Waals surface area contributed by atoms with Gasteiger partial charge in [-0.15, -0.1) is 68.0 Å². The average Bonchev–Trinajstić information content (AvgIpc) is 3.90. The maximum Gasteiger partial charge on any atom is 0.170 e. The summed E-state index contributed by atoms with van der Waals surface area (Å²) in [5.41, 5.74) is 5.86. The van der Waals surface area contributed by atoms with Crippen LogP contribution in [-0.4, -0.2) is 8.75 Å². The van der Waals surface area contributed by atoms with Gasteiger partial charge in [0.15, 0.2) is 11.6 Å². The largest absolute Gasteiger partial charge is 0.203 e. The van der Waals surface area contributed by atoms with Crippen LogP contribution in [0, 0.1) is 53.2 Å². The zero-order valence-corrected chi connectivity index (χ0v) is 32.8. The Bertz CT molecular complexity index is 2660. The SMILES string of the molecule is Cc1ccc(-c2c3cc(-c4sc(-c5c(F)c(F)c(-c6cc(C)c(C)s6)c6nsnc56)cc4C)sc3c(-c3ccc(C)s3)c3cc(C)sc23)s1. The van der Waals surface area contributed by atoms with Crippen molar-refractivity contribution in [1.82, 2.24) is 8.75 Å². The Morgan fingerprint density at radius 2 is 1.02 bits per heavy atom. The summed E-state index contributed by atoms with van der Waals surface area (Å²) in [6, 6.07) is 17.5. The fourth-order valence-corrected chi connectivity index (χ4v) is 13.9. The van der Waals surface area contributed by atoms with Gasteiger partial charge in [0.2, 0.25) is 0 Å². The Morgan fingerprint density at radius 3 is 1.57 bits per heavy atom. The molecule has 0 saturated carbocycles. The van der Waals surface area contributed by atoms with Crippen LogP contribution in [0.2, 0.25) is 0 Å². The van der Waals surface area contributed by atoms with E-state index in [2.05, 4.69) is 72.8 Å². The molecule has 49 heavy (non-hydrogen) atoms. The molecule has 7 aromatic heterocycles. The molecule has 7 heterocycles. The van der Waals surface area contributed by atoms with E-state index in [0.29, 0.717) is 20.8 Å². The lowest BCUT2D eigenvalue weighted by Crippen LogP contribution is -1.95. The van der Waals surface area contributed by atoms with E-state index in [0.717, 1.165) is 37.5 Å². The summed E-state index contributed by atoms with van der Waals surface area (Å²) < 4.78 is 43.9. The molecule has 2 aromatic carbocycles. The lowest BCUT2D eigenvalue weighted by molar-refractivity contribution is 0.516. The van der Waals surface area contributed by atoms with Gasteiger partial charge in [0.1, 0.15) is 11.0 Å². The molecule has 11 heteroatoms. The molecule has 0 aliphatic heterocycles. The number of rotatable bonds is 5. The van der Waals surface area contributed by atoms with Crippen molar-refractivity contribution in [2.75, 3.05) is 0 Å². The van der Waals surface area contributed by atoms with Crippen LogP contribution in [0.15, 0.2) is 48.5 Å². The molecule has 0 fully saturated rings. The Balaban J connectivity index is 1.28. The van der Waals surface area contributed by atoms with E-state index in [1.807, 2.05) is 60.0 Å². The minimum absolute atomic E-state index is 0.191. The highest BCUT2D eigenvalue weighted by Crippen LogP contribution is 2.54. The molecule has 244 valence electrons. The van der Waals surface area contributed by atoms with E-state index in [4.69, 9.17) is 0 Å². The number of halogens is 2. The summed E-state index contributed by atoms with van der Waals surface area (Å²) >= 11 is 11.3. The fraction of sp³-hybridized carbons (Fsp3) is 0.158. The number of thiophene rings is 6. The molecule has 9 aromatic rings. The topological polar surface area (TPSA) is 25.8 Å². The van der Waals surface area contributed by atoms with Gasteiger partial charge in [-0.05, 0) is 101 Å². The van der Waals surface area contributed by atoms with Gasteiger partial charge in [-0.3, -0.25) is 0 Å². The summed E-state index contributed by atoms with van der Waals surface area (Å²) in [5, 5.41) is 2.53. The molecule has 0 amide bonds. The van der Waals surface area contributed by atoms with Crippen molar-refractivity contribution in [3.63, 3.8) is 0 Å². The van der Waals surface area contributed by atoms with Gasteiger partial charge < -0.3 is 0 Å². The van der Waals surface area contributed by atoms with Crippen molar-refractivity contribution in [3.05, 3.63) is 90.8 Å². The monoisotopic (exact) mass is 772 g/mol. The van der Waals surface area contributed by atoms with Crippen LogP contribution in [0.4, 0.5) is 8.78 Å². The smallest absolute Gasteiger partial charge is 0.170 e. The second-order valence-electron chi connectivity index (χ2n) is 12.3. The number of nitrogens with zero attached hydrogens (tertiary/aromatic N) is 2. The molecule has 9 rings (SSSR count). The quantitative estimate of drug-likeness (QED) is 0.174. The highest BCUT2D eigenvalue weighted by Gasteiger charge is 2.29. The Morgan fingerprint density at radius 1 is 0.469 bits per heavy atom. The third-order valence-electron chi connectivity index (χ3n) is 8.95. The van der Waals surface area contributed by atoms with Gasteiger partial charge in [-0.25, -0.2) is 8.78 Å². The van der Waals surface area contributed by atoms with Crippen LogP contribution < -0.4 is 0 Å². The standard InChI is InChI=1S/C38H26F2N2S7/c1-15-11-25(46-20(15)6)30-32(39)33(40)31(35-34(30)41-49-42-35)26-12-16(2)36(47-26)27-14-22-29(24-10-8-18(4)44-24)37-21(13-19(5)45-37)28(38(22)48-27)23-9-7-17(3)43-23/h7-14H,1-6H3. The first kappa shape index (κ1) is 31.8. The van der Waals surface area contributed by atoms with Crippen molar-refractivity contribution in [1.29, 1.82) is 0 Å². The van der Waals surface area contributed by atoms with Gasteiger partial charge >= 0.3 is 0 Å². The Kier molecular flexibility index (Phi) is 7.59. The molecule has 0 radical (unpaired) electrons. The number of fused-ring (bicyclic) bond motifs is 3. The molecule has 0 aliphatic rings. The zero-order valence-electron chi connectivity index (χ0n) is 27.1. The molecular weight excluding hydrogens is 747 g/mol. The van der Waals surface area contributed by atoms with Crippen LogP contribution in [-0.2, 0) is 0 Å². The summed E-state index contributed by atoms with van der Waals surface area (Å²) in [7, 11) is 0. The number of hydrogen-bond acceptors (Lipinski definition) is 9. The predicted octanol–water partition coefficient (Wildman–Crippen LogP) is 14.8. The number of aryl methyl sites for hydroxylation is 6. The number of aromatic nitrogens is 2. The summed E-state index contributed by atoms with van der Waals surface area (Å²) in [4.78, 5) is 11.0. The van der Waals surface area contributed by atoms with Gasteiger partial charge in [-0.2, -0.15) is 8.75 Å². The van der Waals surface area contributed by atoms with Crippen molar-refractivity contribution in [2.45, 2.75) is 41.5 Å². The van der Waals surface area contributed by atoms with Crippen LogP contribution >= 0.6 is 79.7 Å². The molecule has 0 aliphatic carbocycles. The second-order valence-corrected chi connectivity index (χ2v) is 20.1. The van der Waals surface area contributed by atoms with E-state index in [1.54, 1.807) is 11.3 Å². The highest BCUT2D eigenvalue weighted by atomic mass is 32.1. The molecule has 0 N–H and O–H groups in total. The van der Waals surface area contributed by atoms with Crippen LogP contribution in [0.1, 0.15) is 30.6 Å². The molecule has 2 nitrogen and oxygen atoms in total. The van der Waals surface area contributed by atoms with E-state index < -0.39 is 11.6 Å².